The van der Waals surface area contributed by atoms with Crippen molar-refractivity contribution in [1.29, 1.82) is 0 Å². The first kappa shape index (κ1) is 12.8. The van der Waals surface area contributed by atoms with Crippen molar-refractivity contribution < 1.29 is 5.11 Å². The maximum Gasteiger partial charge on any atom is 0.245 e. The number of aryl methyl sites for hydroxylation is 2. The molecular weight excluding hydrogens is 240 g/mol. The molecule has 2 fully saturated rings. The number of piperidine rings is 1. The highest BCUT2D eigenvalue weighted by molar-refractivity contribution is 5.31. The second-order valence-corrected chi connectivity index (χ2v) is 6.02. The van der Waals surface area contributed by atoms with E-state index >= 15 is 0 Å². The summed E-state index contributed by atoms with van der Waals surface area (Å²) in [6.07, 6.45) is 5.29. The van der Waals surface area contributed by atoms with E-state index in [2.05, 4.69) is 20.1 Å². The first-order valence-electron chi connectivity index (χ1n) is 7.24. The normalized spacial score (nSPS) is 31.1. The third-order valence-corrected chi connectivity index (χ3v) is 4.79. The number of hydrogen-bond acceptors (Lipinski definition) is 5. The number of anilines is 1. The first-order valence-corrected chi connectivity index (χ1v) is 7.24. The summed E-state index contributed by atoms with van der Waals surface area (Å²) in [4.78, 5) is 6.71. The molecule has 2 aliphatic rings. The molecule has 2 atom stereocenters. The van der Waals surface area contributed by atoms with Gasteiger partial charge in [0, 0.05) is 19.0 Å². The van der Waals surface area contributed by atoms with E-state index in [1.54, 1.807) is 0 Å². The zero-order valence-electron chi connectivity index (χ0n) is 11.8. The average molecular weight is 262 g/mol. The number of rotatable bonds is 1. The van der Waals surface area contributed by atoms with Gasteiger partial charge in [-0.3, -0.25) is 0 Å². The lowest BCUT2D eigenvalue weighted by Gasteiger charge is -2.47. The van der Waals surface area contributed by atoms with Crippen LogP contribution in [0.5, 0.6) is 0 Å². The highest BCUT2D eigenvalue weighted by atomic mass is 16.3. The Kier molecular flexibility index (Phi) is 3.17. The minimum absolute atomic E-state index is 0.361. The van der Waals surface area contributed by atoms with Crippen molar-refractivity contribution in [2.45, 2.75) is 51.6 Å². The zero-order valence-corrected chi connectivity index (χ0v) is 11.8. The Morgan fingerprint density at radius 3 is 2.79 bits per heavy atom. The zero-order chi connectivity index (χ0) is 13.5. The molecule has 5 heteroatoms. The van der Waals surface area contributed by atoms with Crippen molar-refractivity contribution in [3.8, 4) is 0 Å². The van der Waals surface area contributed by atoms with Crippen LogP contribution < -0.4 is 4.90 Å². The molecule has 2 heterocycles. The van der Waals surface area contributed by atoms with Crippen LogP contribution in [0.15, 0.2) is 0 Å². The van der Waals surface area contributed by atoms with Gasteiger partial charge in [-0.05, 0) is 33.1 Å². The van der Waals surface area contributed by atoms with Crippen LogP contribution in [0.2, 0.25) is 0 Å². The van der Waals surface area contributed by atoms with Gasteiger partial charge in [-0.15, -0.1) is 5.10 Å². The number of aromatic nitrogens is 3. The smallest absolute Gasteiger partial charge is 0.245 e. The highest BCUT2D eigenvalue weighted by Crippen LogP contribution is 2.40. The largest absolute Gasteiger partial charge is 0.389 e. The third kappa shape index (κ3) is 2.31. The molecule has 1 saturated heterocycles. The minimum atomic E-state index is -0.443. The second kappa shape index (κ2) is 4.71. The van der Waals surface area contributed by atoms with Crippen LogP contribution in [0.4, 0.5) is 5.95 Å². The fourth-order valence-corrected chi connectivity index (χ4v) is 3.33. The molecule has 0 amide bonds. The number of fused-ring (bicyclic) bond motifs is 1. The molecule has 1 aromatic rings. The van der Waals surface area contributed by atoms with Crippen molar-refractivity contribution >= 4 is 5.95 Å². The monoisotopic (exact) mass is 262 g/mol. The maximum absolute atomic E-state index is 10.7. The van der Waals surface area contributed by atoms with Crippen LogP contribution in [0.25, 0.3) is 0 Å². The van der Waals surface area contributed by atoms with Crippen molar-refractivity contribution in [1.82, 2.24) is 15.2 Å². The van der Waals surface area contributed by atoms with Crippen LogP contribution in [0.1, 0.15) is 43.5 Å². The van der Waals surface area contributed by atoms with Gasteiger partial charge in [0.2, 0.25) is 5.95 Å². The molecule has 2 unspecified atom stereocenters. The molecule has 1 N–H and O–H groups in total. The fourth-order valence-electron chi connectivity index (χ4n) is 3.33. The third-order valence-electron chi connectivity index (χ3n) is 4.79. The maximum atomic E-state index is 10.7. The molecule has 1 aromatic heterocycles. The van der Waals surface area contributed by atoms with E-state index in [9.17, 15) is 5.11 Å². The van der Waals surface area contributed by atoms with Gasteiger partial charge in [-0.25, -0.2) is 4.98 Å². The molecule has 5 nitrogen and oxygen atoms in total. The van der Waals surface area contributed by atoms with E-state index in [-0.39, 0.29) is 0 Å². The summed E-state index contributed by atoms with van der Waals surface area (Å²) < 4.78 is 0. The van der Waals surface area contributed by atoms with Gasteiger partial charge < -0.3 is 10.0 Å². The summed E-state index contributed by atoms with van der Waals surface area (Å²) in [5.74, 6) is 1.08. The molecule has 19 heavy (non-hydrogen) atoms. The number of aliphatic hydroxyl groups is 1. The Balaban J connectivity index is 1.78. The van der Waals surface area contributed by atoms with Crippen molar-refractivity contribution in [2.24, 2.45) is 5.92 Å². The van der Waals surface area contributed by atoms with E-state index in [1.165, 1.54) is 6.42 Å². The summed E-state index contributed by atoms with van der Waals surface area (Å²) in [7, 11) is 0. The topological polar surface area (TPSA) is 62.1 Å². The number of nitrogens with zero attached hydrogens (tertiary/aromatic N) is 4. The standard InChI is InChI=1S/C14H22N4O/c1-10-11(2)16-17-13(15-10)18-8-7-14(19)6-4-3-5-12(14)9-18/h12,19H,3-9H2,1-2H3. The SMILES string of the molecule is Cc1nnc(N2CCC3(O)CCCCC3C2)nc1C. The fraction of sp³-hybridized carbons (Fsp3) is 0.786. The Morgan fingerprint density at radius 2 is 2.00 bits per heavy atom. The van der Waals surface area contributed by atoms with Gasteiger partial charge in [-0.1, -0.05) is 12.8 Å². The van der Waals surface area contributed by atoms with Gasteiger partial charge >= 0.3 is 0 Å². The molecule has 1 saturated carbocycles. The van der Waals surface area contributed by atoms with Crippen molar-refractivity contribution in [3.05, 3.63) is 11.4 Å². The summed E-state index contributed by atoms with van der Waals surface area (Å²) in [5.41, 5.74) is 1.38. The van der Waals surface area contributed by atoms with E-state index in [1.807, 2.05) is 13.8 Å². The van der Waals surface area contributed by atoms with E-state index in [0.717, 1.165) is 56.1 Å². The predicted molar refractivity (Wildman–Crippen MR) is 73.0 cm³/mol. The van der Waals surface area contributed by atoms with Crippen LogP contribution in [0, 0.1) is 19.8 Å². The summed E-state index contributed by atoms with van der Waals surface area (Å²) in [6.45, 7) is 5.58. The van der Waals surface area contributed by atoms with Crippen LogP contribution in [-0.2, 0) is 0 Å². The molecule has 104 valence electrons. The van der Waals surface area contributed by atoms with Crippen LogP contribution in [-0.4, -0.2) is 39.0 Å². The van der Waals surface area contributed by atoms with Gasteiger partial charge in [0.1, 0.15) is 0 Å². The quantitative estimate of drug-likeness (QED) is 0.833. The molecule has 0 spiro atoms. The van der Waals surface area contributed by atoms with Crippen LogP contribution in [0.3, 0.4) is 0 Å². The van der Waals surface area contributed by atoms with Gasteiger partial charge in [-0.2, -0.15) is 5.10 Å². The highest BCUT2D eigenvalue weighted by Gasteiger charge is 2.43. The lowest BCUT2D eigenvalue weighted by molar-refractivity contribution is -0.0615. The molecule has 1 aliphatic heterocycles. The van der Waals surface area contributed by atoms with Crippen molar-refractivity contribution in [2.75, 3.05) is 18.0 Å². The van der Waals surface area contributed by atoms with Gasteiger partial charge in [0.15, 0.2) is 0 Å². The molecule has 3 rings (SSSR count). The van der Waals surface area contributed by atoms with E-state index in [0.29, 0.717) is 5.92 Å². The van der Waals surface area contributed by atoms with Gasteiger partial charge in [0.25, 0.3) is 0 Å². The van der Waals surface area contributed by atoms with E-state index < -0.39 is 5.60 Å². The Hall–Kier alpha value is -1.23. The number of hydrogen-bond donors (Lipinski definition) is 1. The Morgan fingerprint density at radius 1 is 1.16 bits per heavy atom. The summed E-state index contributed by atoms with van der Waals surface area (Å²) in [6, 6.07) is 0. The first-order chi connectivity index (χ1) is 9.08. The second-order valence-electron chi connectivity index (χ2n) is 6.02. The molecular formula is C14H22N4O. The molecule has 0 aromatic carbocycles. The minimum Gasteiger partial charge on any atom is -0.389 e. The molecule has 0 bridgehead atoms. The molecule has 1 aliphatic carbocycles. The molecule has 0 radical (unpaired) electrons. The lowest BCUT2D eigenvalue weighted by atomic mass is 9.71. The van der Waals surface area contributed by atoms with Gasteiger partial charge in [0.05, 0.1) is 17.0 Å². The van der Waals surface area contributed by atoms with E-state index in [4.69, 9.17) is 0 Å². The summed E-state index contributed by atoms with van der Waals surface area (Å²) in [5, 5.41) is 19.0. The lowest BCUT2D eigenvalue weighted by Crippen LogP contribution is -2.53. The Bertz CT molecular complexity index is 479. The Labute approximate surface area is 114 Å². The van der Waals surface area contributed by atoms with Crippen LogP contribution >= 0.6 is 0 Å². The average Bonchev–Trinajstić information content (AvgIpc) is 2.41. The predicted octanol–water partition coefficient (Wildman–Crippen LogP) is 1.62. The van der Waals surface area contributed by atoms with Crippen molar-refractivity contribution in [3.63, 3.8) is 0 Å². The summed E-state index contributed by atoms with van der Waals surface area (Å²) >= 11 is 0.